The van der Waals surface area contributed by atoms with E-state index in [0.29, 0.717) is 11.5 Å². The maximum atomic E-state index is 14.1. The average Bonchev–Trinajstić information content (AvgIpc) is 3.85. The van der Waals surface area contributed by atoms with Crippen molar-refractivity contribution in [1.82, 2.24) is 20.6 Å². The first kappa shape index (κ1) is 32.4. The molecule has 3 unspecified atom stereocenters. The lowest BCUT2D eigenvalue weighted by atomic mass is 9.72. The van der Waals surface area contributed by atoms with Gasteiger partial charge in [-0.3, -0.25) is 9.59 Å². The number of esters is 1. The Bertz CT molecular complexity index is 1980. The molecule has 49 heavy (non-hydrogen) atoms. The van der Waals surface area contributed by atoms with E-state index in [9.17, 15) is 19.5 Å². The van der Waals surface area contributed by atoms with Crippen molar-refractivity contribution in [3.05, 3.63) is 82.3 Å². The van der Waals surface area contributed by atoms with Crippen molar-refractivity contribution in [2.75, 3.05) is 12.4 Å². The first-order valence-electron chi connectivity index (χ1n) is 16.5. The van der Waals surface area contributed by atoms with Gasteiger partial charge in [-0.15, -0.1) is 0 Å². The molecule has 7 rings (SSSR count). The molecule has 0 saturated heterocycles. The number of ether oxygens (including phenoxy) is 2. The van der Waals surface area contributed by atoms with Crippen molar-refractivity contribution in [3.8, 4) is 17.3 Å². The van der Waals surface area contributed by atoms with Gasteiger partial charge < -0.3 is 39.4 Å². The third-order valence-corrected chi connectivity index (χ3v) is 10.0. The van der Waals surface area contributed by atoms with E-state index in [1.807, 2.05) is 56.3 Å². The molecule has 4 N–H and O–H groups in total. The number of carbonyl (C=O) groups is 3. The van der Waals surface area contributed by atoms with Crippen LogP contribution in [0, 0.1) is 12.8 Å². The third kappa shape index (κ3) is 4.89. The van der Waals surface area contributed by atoms with Gasteiger partial charge in [0.2, 0.25) is 17.7 Å². The van der Waals surface area contributed by atoms with Gasteiger partial charge in [-0.1, -0.05) is 58.0 Å². The van der Waals surface area contributed by atoms with E-state index in [0.717, 1.165) is 22.4 Å². The van der Waals surface area contributed by atoms with Gasteiger partial charge in [-0.2, -0.15) is 0 Å². The maximum Gasteiger partial charge on any atom is 0.360 e. The largest absolute Gasteiger partial charge is 0.469 e. The topological polar surface area (TPSA) is 178 Å². The minimum absolute atomic E-state index is 0.00156. The summed E-state index contributed by atoms with van der Waals surface area (Å²) in [6.07, 6.45) is -0.161. The number of nitrogens with one attached hydrogen (secondary N) is 3. The lowest BCUT2D eigenvalue weighted by Gasteiger charge is -2.30. The van der Waals surface area contributed by atoms with Crippen LogP contribution in [0.3, 0.4) is 0 Å². The van der Waals surface area contributed by atoms with Gasteiger partial charge in [0.1, 0.15) is 34.6 Å². The molecule has 4 bridgehead atoms. The zero-order valence-electron chi connectivity index (χ0n) is 28.2. The number of hydrogen-bond acceptors (Lipinski definition) is 11. The fourth-order valence-corrected chi connectivity index (χ4v) is 7.10. The minimum atomic E-state index is -1.63. The second-order valence-corrected chi connectivity index (χ2v) is 13.2. The van der Waals surface area contributed by atoms with Crippen LogP contribution in [0.15, 0.2) is 51.3 Å². The number of nitrogens with zero attached hydrogens (tertiary/aromatic N) is 2. The molecule has 2 aromatic carbocycles. The number of oxazole rings is 2. The molecule has 2 aromatic heterocycles. The normalized spacial score (nSPS) is 22.2. The zero-order chi connectivity index (χ0) is 34.8. The predicted octanol–water partition coefficient (Wildman–Crippen LogP) is 4.31. The van der Waals surface area contributed by atoms with Crippen LogP contribution < -0.4 is 20.7 Å². The number of aryl methyl sites for hydroxylation is 1. The van der Waals surface area contributed by atoms with E-state index < -0.39 is 47.1 Å². The van der Waals surface area contributed by atoms with Crippen LogP contribution in [0.25, 0.3) is 11.6 Å². The Morgan fingerprint density at radius 3 is 2.57 bits per heavy atom. The van der Waals surface area contributed by atoms with Crippen LogP contribution in [0.4, 0.5) is 5.69 Å². The molecule has 2 amide bonds. The summed E-state index contributed by atoms with van der Waals surface area (Å²) < 4.78 is 24.4. The molecule has 3 aliphatic heterocycles. The van der Waals surface area contributed by atoms with E-state index >= 15 is 0 Å². The number of rotatable bonds is 7. The van der Waals surface area contributed by atoms with Crippen molar-refractivity contribution in [1.29, 1.82) is 0 Å². The Labute approximate surface area is 282 Å². The molecule has 0 aliphatic carbocycles. The summed E-state index contributed by atoms with van der Waals surface area (Å²) in [5.74, 6) is -0.572. The predicted molar refractivity (Wildman–Crippen MR) is 176 cm³/mol. The van der Waals surface area contributed by atoms with Crippen LogP contribution in [0.5, 0.6) is 5.75 Å². The molecular weight excluding hydrogens is 630 g/mol. The minimum Gasteiger partial charge on any atom is -0.469 e. The van der Waals surface area contributed by atoms with E-state index in [4.69, 9.17) is 23.3 Å². The van der Waals surface area contributed by atoms with E-state index in [1.165, 1.54) is 7.11 Å². The molecular formula is C36H39N5O8. The van der Waals surface area contributed by atoms with Crippen LogP contribution in [0.2, 0.25) is 0 Å². The zero-order valence-corrected chi connectivity index (χ0v) is 28.2. The molecule has 13 nitrogen and oxygen atoms in total. The van der Waals surface area contributed by atoms with Crippen molar-refractivity contribution in [2.24, 2.45) is 5.92 Å². The number of fused-ring (bicyclic) bond motifs is 4. The summed E-state index contributed by atoms with van der Waals surface area (Å²) in [5, 5.41) is 20.4. The number of hydrogen-bond donors (Lipinski definition) is 4. The molecule has 1 spiro atoms. The van der Waals surface area contributed by atoms with Gasteiger partial charge in [0.05, 0.1) is 7.11 Å². The van der Waals surface area contributed by atoms with Gasteiger partial charge in [0.25, 0.3) is 5.91 Å². The molecule has 5 heterocycles. The van der Waals surface area contributed by atoms with E-state index in [2.05, 4.69) is 20.9 Å². The van der Waals surface area contributed by atoms with Crippen LogP contribution in [-0.2, 0) is 26.2 Å². The lowest BCUT2D eigenvalue weighted by Crippen LogP contribution is -2.55. The van der Waals surface area contributed by atoms with Gasteiger partial charge in [-0.05, 0) is 48.9 Å². The molecule has 256 valence electrons. The number of benzene rings is 2. The molecule has 4 atom stereocenters. The smallest absolute Gasteiger partial charge is 0.360 e. The number of para-hydroxylation sites is 1. The van der Waals surface area contributed by atoms with Crippen LogP contribution >= 0.6 is 0 Å². The third-order valence-electron chi connectivity index (χ3n) is 10.0. The fraction of sp³-hybridized carbons (Fsp3) is 0.417. The standard InChI is InChI=1S/C36H39N5O8/c1-7-35(45,8-2)33(44)37-23-16-19-13-14-24-21(15-19)36(20-11-9-10-12-22(20)38-34(36)48-24)28-27(31-40-26(18(5)47-31)32(43)46-6)41-30(49-28)25(17(3)4)39-29(23)42/h9-15,17,23,25,34,38,45H,7-8,16H2,1-6H3,(H,37,44)(H,39,42)/t23?,25-,34?,36?/m0/s1. The van der Waals surface area contributed by atoms with Gasteiger partial charge in [0, 0.05) is 17.7 Å². The van der Waals surface area contributed by atoms with Crippen LogP contribution in [-0.4, -0.2) is 57.8 Å². The van der Waals surface area contributed by atoms with Crippen molar-refractivity contribution < 1.29 is 37.8 Å². The molecule has 0 saturated carbocycles. The number of carbonyl (C=O) groups excluding carboxylic acids is 3. The first-order chi connectivity index (χ1) is 23.4. The van der Waals surface area contributed by atoms with E-state index in [1.54, 1.807) is 20.8 Å². The summed E-state index contributed by atoms with van der Waals surface area (Å²) in [4.78, 5) is 49.6. The summed E-state index contributed by atoms with van der Waals surface area (Å²) in [7, 11) is 1.27. The summed E-state index contributed by atoms with van der Waals surface area (Å²) in [5.41, 5.74) is 0.679. The Balaban J connectivity index is 1.49. The summed E-state index contributed by atoms with van der Waals surface area (Å²) >= 11 is 0. The average molecular weight is 670 g/mol. The quantitative estimate of drug-likeness (QED) is 0.206. The molecule has 0 fully saturated rings. The number of aromatic nitrogens is 2. The Hall–Kier alpha value is -5.17. The SMILES string of the molecule is CCC(O)(CC)C(=O)NC1Cc2ccc3c(c2)C2(c4ccccc4NC2O3)c2oc(nc2-c2nc(C(=O)OC)c(C)o2)[C@H](C(C)C)NC1=O. The van der Waals surface area contributed by atoms with Gasteiger partial charge in [-0.25, -0.2) is 14.8 Å². The van der Waals surface area contributed by atoms with Gasteiger partial charge in [0.15, 0.2) is 23.4 Å². The fourth-order valence-electron chi connectivity index (χ4n) is 7.10. The van der Waals surface area contributed by atoms with Crippen LogP contribution in [0.1, 0.15) is 91.2 Å². The number of methoxy groups -OCH3 is 1. The Kier molecular flexibility index (Phi) is 7.77. The Morgan fingerprint density at radius 2 is 1.86 bits per heavy atom. The highest BCUT2D eigenvalue weighted by molar-refractivity contribution is 5.92. The second-order valence-electron chi connectivity index (χ2n) is 13.2. The molecule has 13 heteroatoms. The summed E-state index contributed by atoms with van der Waals surface area (Å²) in [6, 6.07) is 11.7. The molecule has 3 aliphatic rings. The van der Waals surface area contributed by atoms with Crippen molar-refractivity contribution in [2.45, 2.75) is 83.2 Å². The Morgan fingerprint density at radius 1 is 1.10 bits per heavy atom. The van der Waals surface area contributed by atoms with Gasteiger partial charge >= 0.3 is 5.97 Å². The molecule has 4 aromatic rings. The summed E-state index contributed by atoms with van der Waals surface area (Å²) in [6.45, 7) is 8.90. The number of aliphatic hydroxyl groups is 1. The lowest BCUT2D eigenvalue weighted by molar-refractivity contribution is -0.143. The monoisotopic (exact) mass is 669 g/mol. The highest BCUT2D eigenvalue weighted by Gasteiger charge is 2.61. The van der Waals surface area contributed by atoms with Crippen molar-refractivity contribution >= 4 is 23.5 Å². The van der Waals surface area contributed by atoms with Crippen molar-refractivity contribution in [3.63, 3.8) is 0 Å². The second kappa shape index (κ2) is 11.8. The highest BCUT2D eigenvalue weighted by atomic mass is 16.5. The van der Waals surface area contributed by atoms with E-state index in [-0.39, 0.29) is 54.1 Å². The number of anilines is 1. The highest BCUT2D eigenvalue weighted by Crippen LogP contribution is 2.59. The first-order valence-corrected chi connectivity index (χ1v) is 16.5. The number of amides is 2. The maximum absolute atomic E-state index is 14.1. The molecule has 0 radical (unpaired) electrons.